The molecule has 0 amide bonds. The van der Waals surface area contributed by atoms with Crippen molar-refractivity contribution in [3.05, 3.63) is 66.4 Å². The lowest BCUT2D eigenvalue weighted by molar-refractivity contribution is 0.414. The Bertz CT molecular complexity index is 518. The van der Waals surface area contributed by atoms with E-state index in [0.29, 0.717) is 17.1 Å². The molecule has 2 rings (SSSR count). The van der Waals surface area contributed by atoms with Gasteiger partial charge in [-0.25, -0.2) is 4.39 Å². The summed E-state index contributed by atoms with van der Waals surface area (Å²) in [7, 11) is 1.57. The van der Waals surface area contributed by atoms with Crippen molar-refractivity contribution in [1.29, 1.82) is 0 Å². The largest absolute Gasteiger partial charge is 0.497 e. The van der Waals surface area contributed by atoms with E-state index in [1.165, 1.54) is 0 Å². The highest BCUT2D eigenvalue weighted by atomic mass is 19.1. The second-order valence-corrected chi connectivity index (χ2v) is 3.63. The van der Waals surface area contributed by atoms with Crippen LogP contribution in [0.1, 0.15) is 5.56 Å². The molecule has 0 saturated carbocycles. The van der Waals surface area contributed by atoms with Crippen molar-refractivity contribution in [1.82, 2.24) is 0 Å². The number of halogens is 1. The van der Waals surface area contributed by atoms with E-state index >= 15 is 0 Å². The van der Waals surface area contributed by atoms with Gasteiger partial charge in [-0.1, -0.05) is 18.2 Å². The summed E-state index contributed by atoms with van der Waals surface area (Å²) in [5.74, 6) is 0.859. The molecule has 2 nitrogen and oxygen atoms in total. The Kier molecular flexibility index (Phi) is 3.97. The highest BCUT2D eigenvalue weighted by Crippen LogP contribution is 2.20. The van der Waals surface area contributed by atoms with E-state index in [0.717, 1.165) is 6.26 Å². The third-order valence-corrected chi connectivity index (χ3v) is 2.41. The molecule has 0 aliphatic heterocycles. The normalized spacial score (nSPS) is 11.1. The van der Waals surface area contributed by atoms with Gasteiger partial charge in [0, 0.05) is 5.56 Å². The molecule has 0 radical (unpaired) electrons. The van der Waals surface area contributed by atoms with E-state index in [2.05, 4.69) is 0 Å². The van der Waals surface area contributed by atoms with Crippen molar-refractivity contribution < 1.29 is 13.9 Å². The summed E-state index contributed by atoms with van der Waals surface area (Å²) in [6, 6.07) is 15.7. The average Bonchev–Trinajstić information content (AvgIpc) is 2.46. The smallest absolute Gasteiger partial charge is 0.165 e. The number of ether oxygens (including phenoxy) is 2. The summed E-state index contributed by atoms with van der Waals surface area (Å²) in [6.07, 6.45) is 1.09. The summed E-state index contributed by atoms with van der Waals surface area (Å²) < 4.78 is 24.0. The first-order valence-corrected chi connectivity index (χ1v) is 5.51. The zero-order chi connectivity index (χ0) is 12.8. The van der Waals surface area contributed by atoms with Crippen molar-refractivity contribution in [3.63, 3.8) is 0 Å². The minimum Gasteiger partial charge on any atom is -0.497 e. The standard InChI is InChI=1S/C15H13FO2/c1-17-13-9-7-12(8-10-13)15(16)11-18-14-5-3-2-4-6-14/h2-11H,1H3/b15-11-. The quantitative estimate of drug-likeness (QED) is 0.755. The molecule has 0 spiro atoms. The Balaban J connectivity index is 2.08. The summed E-state index contributed by atoms with van der Waals surface area (Å²) in [5, 5.41) is 0. The highest BCUT2D eigenvalue weighted by Gasteiger charge is 2.01. The number of benzene rings is 2. The molecule has 0 N–H and O–H groups in total. The third-order valence-electron chi connectivity index (χ3n) is 2.41. The van der Waals surface area contributed by atoms with Crippen LogP contribution >= 0.6 is 0 Å². The van der Waals surface area contributed by atoms with Crippen LogP contribution in [0.3, 0.4) is 0 Å². The number of rotatable bonds is 4. The maximum atomic E-state index is 13.8. The molecule has 0 aromatic heterocycles. The van der Waals surface area contributed by atoms with E-state index in [4.69, 9.17) is 9.47 Å². The fourth-order valence-electron chi connectivity index (χ4n) is 1.44. The van der Waals surface area contributed by atoms with Crippen LogP contribution in [0.4, 0.5) is 4.39 Å². The van der Waals surface area contributed by atoms with Crippen LogP contribution < -0.4 is 9.47 Å². The fourth-order valence-corrected chi connectivity index (χ4v) is 1.44. The van der Waals surface area contributed by atoms with Gasteiger partial charge < -0.3 is 9.47 Å². The SMILES string of the molecule is COc1ccc(/C(F)=C/Oc2ccccc2)cc1. The van der Waals surface area contributed by atoms with Gasteiger partial charge in [0.05, 0.1) is 7.11 Å². The molecule has 0 bridgehead atoms. The summed E-state index contributed by atoms with van der Waals surface area (Å²) >= 11 is 0. The molecule has 0 fully saturated rings. The molecule has 0 atom stereocenters. The van der Waals surface area contributed by atoms with E-state index < -0.39 is 5.83 Å². The molecule has 2 aromatic rings. The molecule has 0 aliphatic rings. The average molecular weight is 244 g/mol. The maximum Gasteiger partial charge on any atom is 0.165 e. The van der Waals surface area contributed by atoms with Gasteiger partial charge >= 0.3 is 0 Å². The maximum absolute atomic E-state index is 13.8. The van der Waals surface area contributed by atoms with Crippen LogP contribution in [0.25, 0.3) is 5.83 Å². The van der Waals surface area contributed by atoms with Crippen molar-refractivity contribution in [2.75, 3.05) is 7.11 Å². The molecule has 2 aromatic carbocycles. The predicted octanol–water partition coefficient (Wildman–Crippen LogP) is 4.04. The van der Waals surface area contributed by atoms with Crippen LogP contribution in [0.2, 0.25) is 0 Å². The van der Waals surface area contributed by atoms with Gasteiger partial charge in [0.2, 0.25) is 0 Å². The Morgan fingerprint density at radius 3 is 2.22 bits per heavy atom. The molecule has 0 unspecified atom stereocenters. The lowest BCUT2D eigenvalue weighted by atomic mass is 10.2. The van der Waals surface area contributed by atoms with E-state index in [1.54, 1.807) is 43.5 Å². The zero-order valence-electron chi connectivity index (χ0n) is 9.97. The van der Waals surface area contributed by atoms with E-state index in [1.807, 2.05) is 18.2 Å². The second kappa shape index (κ2) is 5.87. The molecule has 0 saturated heterocycles. The molecule has 0 heterocycles. The van der Waals surface area contributed by atoms with Gasteiger partial charge in [-0.15, -0.1) is 0 Å². The van der Waals surface area contributed by atoms with Crippen LogP contribution in [0, 0.1) is 0 Å². The minimum absolute atomic E-state index is 0.429. The molecular formula is C15H13FO2. The van der Waals surface area contributed by atoms with Gasteiger partial charge in [0.25, 0.3) is 0 Å². The van der Waals surface area contributed by atoms with Gasteiger partial charge in [0.15, 0.2) is 5.83 Å². The van der Waals surface area contributed by atoms with Crippen LogP contribution in [0.15, 0.2) is 60.9 Å². The Morgan fingerprint density at radius 2 is 1.61 bits per heavy atom. The lowest BCUT2D eigenvalue weighted by Gasteiger charge is -2.02. The van der Waals surface area contributed by atoms with Crippen molar-refractivity contribution in [3.8, 4) is 11.5 Å². The Morgan fingerprint density at radius 1 is 0.944 bits per heavy atom. The van der Waals surface area contributed by atoms with Crippen molar-refractivity contribution >= 4 is 5.83 Å². The molecular weight excluding hydrogens is 231 g/mol. The first-order valence-electron chi connectivity index (χ1n) is 5.51. The van der Waals surface area contributed by atoms with E-state index in [-0.39, 0.29) is 0 Å². The lowest BCUT2D eigenvalue weighted by Crippen LogP contribution is -1.86. The topological polar surface area (TPSA) is 18.5 Å². The first kappa shape index (κ1) is 12.2. The third kappa shape index (κ3) is 3.10. The first-order chi connectivity index (χ1) is 8.79. The van der Waals surface area contributed by atoms with Gasteiger partial charge in [-0.3, -0.25) is 0 Å². The van der Waals surface area contributed by atoms with Crippen LogP contribution in [-0.4, -0.2) is 7.11 Å². The highest BCUT2D eigenvalue weighted by molar-refractivity contribution is 5.59. The summed E-state index contributed by atoms with van der Waals surface area (Å²) in [4.78, 5) is 0. The number of hydrogen-bond acceptors (Lipinski definition) is 2. The van der Waals surface area contributed by atoms with Gasteiger partial charge in [-0.2, -0.15) is 0 Å². The fraction of sp³-hybridized carbons (Fsp3) is 0.0667. The molecule has 92 valence electrons. The summed E-state index contributed by atoms with van der Waals surface area (Å²) in [6.45, 7) is 0. The predicted molar refractivity (Wildman–Crippen MR) is 69.1 cm³/mol. The van der Waals surface area contributed by atoms with Gasteiger partial charge in [0.1, 0.15) is 17.8 Å². The van der Waals surface area contributed by atoms with Crippen molar-refractivity contribution in [2.45, 2.75) is 0 Å². The van der Waals surface area contributed by atoms with Crippen LogP contribution in [0.5, 0.6) is 11.5 Å². The number of methoxy groups -OCH3 is 1. The molecule has 18 heavy (non-hydrogen) atoms. The Labute approximate surface area is 105 Å². The monoisotopic (exact) mass is 244 g/mol. The van der Waals surface area contributed by atoms with E-state index in [9.17, 15) is 4.39 Å². The second-order valence-electron chi connectivity index (χ2n) is 3.63. The minimum atomic E-state index is -0.429. The van der Waals surface area contributed by atoms with Crippen LogP contribution in [-0.2, 0) is 0 Å². The molecule has 3 heteroatoms. The summed E-state index contributed by atoms with van der Waals surface area (Å²) in [5.41, 5.74) is 0.451. The molecule has 0 aliphatic carbocycles. The Hall–Kier alpha value is -2.29. The number of para-hydroxylation sites is 1. The number of hydrogen-bond donors (Lipinski definition) is 0. The van der Waals surface area contributed by atoms with Gasteiger partial charge in [-0.05, 0) is 36.4 Å². The van der Waals surface area contributed by atoms with Crippen molar-refractivity contribution in [2.24, 2.45) is 0 Å². The zero-order valence-corrected chi connectivity index (χ0v) is 9.97.